The summed E-state index contributed by atoms with van der Waals surface area (Å²) in [5.41, 5.74) is 6.04. The van der Waals surface area contributed by atoms with Crippen molar-refractivity contribution in [2.45, 2.75) is 71.8 Å². The lowest BCUT2D eigenvalue weighted by Crippen LogP contribution is -2.46. The highest BCUT2D eigenvalue weighted by Crippen LogP contribution is 2.26. The fourth-order valence-electron chi connectivity index (χ4n) is 2.67. The number of nitrogens with one attached hydrogen (secondary N) is 1. The largest absolute Gasteiger partial charge is 0.352 e. The zero-order valence-electron chi connectivity index (χ0n) is 12.3. The average Bonchev–Trinajstić information content (AvgIpc) is 2.33. The van der Waals surface area contributed by atoms with Crippen molar-refractivity contribution < 1.29 is 4.79 Å². The predicted octanol–water partition coefficient (Wildman–Crippen LogP) is 2.84. The van der Waals surface area contributed by atoms with Gasteiger partial charge in [0.1, 0.15) is 0 Å². The van der Waals surface area contributed by atoms with Crippen LogP contribution >= 0.6 is 0 Å². The van der Waals surface area contributed by atoms with Crippen LogP contribution in [-0.2, 0) is 4.79 Å². The molecular formula is C15H30N2O. The van der Waals surface area contributed by atoms with E-state index in [-0.39, 0.29) is 17.4 Å². The van der Waals surface area contributed by atoms with Crippen molar-refractivity contribution in [3.63, 3.8) is 0 Å². The van der Waals surface area contributed by atoms with Gasteiger partial charge in [-0.1, -0.05) is 40.0 Å². The van der Waals surface area contributed by atoms with Crippen molar-refractivity contribution in [1.82, 2.24) is 5.32 Å². The summed E-state index contributed by atoms with van der Waals surface area (Å²) >= 11 is 0. The fourth-order valence-corrected chi connectivity index (χ4v) is 2.67. The van der Waals surface area contributed by atoms with Gasteiger partial charge in [-0.25, -0.2) is 0 Å². The van der Waals surface area contributed by atoms with Crippen LogP contribution in [0.25, 0.3) is 0 Å². The van der Waals surface area contributed by atoms with Gasteiger partial charge in [-0.2, -0.15) is 0 Å². The van der Waals surface area contributed by atoms with E-state index in [0.29, 0.717) is 18.9 Å². The quantitative estimate of drug-likeness (QED) is 0.792. The Morgan fingerprint density at radius 1 is 1.28 bits per heavy atom. The maximum absolute atomic E-state index is 11.9. The van der Waals surface area contributed by atoms with Crippen LogP contribution in [0, 0.1) is 11.3 Å². The topological polar surface area (TPSA) is 55.1 Å². The number of hydrogen-bond donors (Lipinski definition) is 2. The second kappa shape index (κ2) is 7.13. The van der Waals surface area contributed by atoms with Gasteiger partial charge >= 0.3 is 0 Å². The summed E-state index contributed by atoms with van der Waals surface area (Å²) in [5, 5.41) is 3.15. The summed E-state index contributed by atoms with van der Waals surface area (Å²) in [6.07, 6.45) is 7.92. The molecule has 106 valence electrons. The molecule has 1 unspecified atom stereocenters. The molecule has 1 fully saturated rings. The lowest BCUT2D eigenvalue weighted by Gasteiger charge is -2.30. The first kappa shape index (κ1) is 15.5. The van der Waals surface area contributed by atoms with E-state index in [0.717, 1.165) is 6.42 Å². The third-order valence-corrected chi connectivity index (χ3v) is 3.92. The van der Waals surface area contributed by atoms with Crippen molar-refractivity contribution in [2.75, 3.05) is 6.54 Å². The van der Waals surface area contributed by atoms with Gasteiger partial charge in [0.25, 0.3) is 0 Å². The molecule has 1 rings (SSSR count). The number of hydrogen-bond acceptors (Lipinski definition) is 2. The first-order chi connectivity index (χ1) is 8.42. The van der Waals surface area contributed by atoms with Crippen molar-refractivity contribution >= 4 is 5.91 Å². The summed E-state index contributed by atoms with van der Waals surface area (Å²) in [7, 11) is 0. The van der Waals surface area contributed by atoms with Crippen molar-refractivity contribution in [2.24, 2.45) is 17.1 Å². The summed E-state index contributed by atoms with van der Waals surface area (Å²) in [6, 6.07) is 0.192. The highest BCUT2D eigenvalue weighted by atomic mass is 16.1. The minimum absolute atomic E-state index is 0.172. The third-order valence-electron chi connectivity index (χ3n) is 3.92. The smallest absolute Gasteiger partial charge is 0.220 e. The van der Waals surface area contributed by atoms with E-state index >= 15 is 0 Å². The summed E-state index contributed by atoms with van der Waals surface area (Å²) in [6.45, 7) is 7.08. The molecule has 18 heavy (non-hydrogen) atoms. The SMILES string of the molecule is CC(C)(C)CCC(=O)NC(CN)C1CCCCC1. The number of amides is 1. The van der Waals surface area contributed by atoms with Crippen LogP contribution < -0.4 is 11.1 Å². The predicted molar refractivity (Wildman–Crippen MR) is 76.2 cm³/mol. The highest BCUT2D eigenvalue weighted by Gasteiger charge is 2.24. The first-order valence-corrected chi connectivity index (χ1v) is 7.42. The molecule has 1 aliphatic rings. The number of carbonyl (C=O) groups excluding carboxylic acids is 1. The van der Waals surface area contributed by atoms with Gasteiger partial charge in [0.05, 0.1) is 0 Å². The van der Waals surface area contributed by atoms with Gasteiger partial charge in [-0.3, -0.25) is 4.79 Å². The molecule has 3 N–H and O–H groups in total. The second-order valence-electron chi connectivity index (χ2n) is 6.87. The van der Waals surface area contributed by atoms with Gasteiger partial charge in [0.15, 0.2) is 0 Å². The molecule has 0 aliphatic heterocycles. The minimum atomic E-state index is 0.172. The Labute approximate surface area is 112 Å². The van der Waals surface area contributed by atoms with Gasteiger partial charge in [0.2, 0.25) is 5.91 Å². The van der Waals surface area contributed by atoms with Crippen LogP contribution in [0.5, 0.6) is 0 Å². The van der Waals surface area contributed by atoms with Crippen molar-refractivity contribution in [3.8, 4) is 0 Å². The molecule has 1 atom stereocenters. The van der Waals surface area contributed by atoms with Crippen LogP contribution in [0.15, 0.2) is 0 Å². The lowest BCUT2D eigenvalue weighted by molar-refractivity contribution is -0.122. The Hall–Kier alpha value is -0.570. The maximum atomic E-state index is 11.9. The van der Waals surface area contributed by atoms with E-state index < -0.39 is 0 Å². The zero-order chi connectivity index (χ0) is 13.6. The Bertz CT molecular complexity index is 252. The molecule has 1 aliphatic carbocycles. The Morgan fingerprint density at radius 2 is 1.89 bits per heavy atom. The molecule has 3 heteroatoms. The summed E-state index contributed by atoms with van der Waals surface area (Å²) in [4.78, 5) is 11.9. The molecule has 0 aromatic heterocycles. The molecule has 1 amide bonds. The Kier molecular flexibility index (Phi) is 6.13. The van der Waals surface area contributed by atoms with E-state index in [1.807, 2.05) is 0 Å². The average molecular weight is 254 g/mol. The van der Waals surface area contributed by atoms with E-state index in [2.05, 4.69) is 26.1 Å². The second-order valence-corrected chi connectivity index (χ2v) is 6.87. The van der Waals surface area contributed by atoms with E-state index in [9.17, 15) is 4.79 Å². The van der Waals surface area contributed by atoms with E-state index in [4.69, 9.17) is 5.73 Å². The molecule has 1 saturated carbocycles. The molecule has 0 radical (unpaired) electrons. The zero-order valence-corrected chi connectivity index (χ0v) is 12.3. The number of nitrogens with two attached hydrogens (primary N) is 1. The first-order valence-electron chi connectivity index (χ1n) is 7.42. The molecule has 0 aromatic rings. The normalized spacial score (nSPS) is 19.6. The minimum Gasteiger partial charge on any atom is -0.352 e. The number of carbonyl (C=O) groups is 1. The Balaban J connectivity index is 2.35. The monoisotopic (exact) mass is 254 g/mol. The van der Waals surface area contributed by atoms with E-state index in [1.54, 1.807) is 0 Å². The summed E-state index contributed by atoms with van der Waals surface area (Å²) < 4.78 is 0. The van der Waals surface area contributed by atoms with Gasteiger partial charge in [-0.05, 0) is 30.6 Å². The Morgan fingerprint density at radius 3 is 2.39 bits per heavy atom. The van der Waals surface area contributed by atoms with Gasteiger partial charge in [-0.15, -0.1) is 0 Å². The van der Waals surface area contributed by atoms with Crippen LogP contribution in [0.1, 0.15) is 65.7 Å². The van der Waals surface area contributed by atoms with Crippen molar-refractivity contribution in [3.05, 3.63) is 0 Å². The molecule has 0 saturated heterocycles. The fraction of sp³-hybridized carbons (Fsp3) is 0.933. The molecule has 3 nitrogen and oxygen atoms in total. The maximum Gasteiger partial charge on any atom is 0.220 e. The molecular weight excluding hydrogens is 224 g/mol. The van der Waals surface area contributed by atoms with E-state index in [1.165, 1.54) is 32.1 Å². The molecule has 0 bridgehead atoms. The molecule has 0 heterocycles. The van der Waals surface area contributed by atoms with Crippen LogP contribution in [-0.4, -0.2) is 18.5 Å². The van der Waals surface area contributed by atoms with Gasteiger partial charge < -0.3 is 11.1 Å². The standard InChI is InChI=1S/C15H30N2O/c1-15(2,3)10-9-14(18)17-13(11-16)12-7-5-4-6-8-12/h12-13H,4-11,16H2,1-3H3,(H,17,18). The molecule has 0 aromatic carbocycles. The van der Waals surface area contributed by atoms with Gasteiger partial charge in [0, 0.05) is 19.0 Å². The van der Waals surface area contributed by atoms with Crippen LogP contribution in [0.4, 0.5) is 0 Å². The van der Waals surface area contributed by atoms with Crippen LogP contribution in [0.2, 0.25) is 0 Å². The summed E-state index contributed by atoms with van der Waals surface area (Å²) in [5.74, 6) is 0.772. The lowest BCUT2D eigenvalue weighted by atomic mass is 9.83. The molecule has 0 spiro atoms. The highest BCUT2D eigenvalue weighted by molar-refractivity contribution is 5.76. The number of rotatable bonds is 5. The third kappa shape index (κ3) is 5.85. The van der Waals surface area contributed by atoms with Crippen molar-refractivity contribution in [1.29, 1.82) is 0 Å². The van der Waals surface area contributed by atoms with Crippen LogP contribution in [0.3, 0.4) is 0 Å².